The monoisotopic (exact) mass is 211 g/mol. The largest absolute Gasteiger partial charge is 0.328 e. The van der Waals surface area contributed by atoms with Crippen molar-refractivity contribution in [3.8, 4) is 0 Å². The molecule has 1 heteroatoms. The summed E-state index contributed by atoms with van der Waals surface area (Å²) < 4.78 is 0. The van der Waals surface area contributed by atoms with Crippen LogP contribution in [0.5, 0.6) is 0 Å². The highest BCUT2D eigenvalue weighted by molar-refractivity contribution is 4.78. The Morgan fingerprint density at radius 3 is 2.20 bits per heavy atom. The second kappa shape index (κ2) is 8.15. The fourth-order valence-corrected chi connectivity index (χ4v) is 2.26. The predicted octanol–water partition coefficient (Wildman–Crippen LogP) is 4.25. The first-order chi connectivity index (χ1) is 7.33. The molecule has 0 bridgehead atoms. The summed E-state index contributed by atoms with van der Waals surface area (Å²) in [6.07, 6.45) is 15.3. The molecular weight excluding hydrogens is 182 g/mol. The summed E-state index contributed by atoms with van der Waals surface area (Å²) in [4.78, 5) is 0. The van der Waals surface area contributed by atoms with Gasteiger partial charge in [-0.3, -0.25) is 0 Å². The molecule has 1 aliphatic rings. The lowest BCUT2D eigenvalue weighted by atomic mass is 10.0. The molecule has 1 rings (SSSR count). The molecule has 1 fully saturated rings. The van der Waals surface area contributed by atoms with Crippen molar-refractivity contribution in [2.45, 2.75) is 83.6 Å². The molecule has 1 aliphatic carbocycles. The highest BCUT2D eigenvalue weighted by atomic mass is 14.6. The van der Waals surface area contributed by atoms with Crippen LogP contribution in [0.2, 0.25) is 0 Å². The third-order valence-electron chi connectivity index (χ3n) is 3.51. The standard InChI is InChI=1S/C14H29N/c1-2-3-4-5-6-7-8-9-14(15)12-13-10-11-13/h13-14H,2-12,15H2,1H3. The smallest absolute Gasteiger partial charge is 0.00414 e. The van der Waals surface area contributed by atoms with Gasteiger partial charge in [0, 0.05) is 6.04 Å². The normalized spacial score (nSPS) is 18.0. The fraction of sp³-hybridized carbons (Fsp3) is 1.00. The van der Waals surface area contributed by atoms with Gasteiger partial charge in [-0.2, -0.15) is 0 Å². The molecule has 0 saturated heterocycles. The Bertz CT molecular complexity index is 140. The third-order valence-corrected chi connectivity index (χ3v) is 3.51. The van der Waals surface area contributed by atoms with Crippen LogP contribution >= 0.6 is 0 Å². The Labute approximate surface area is 95.8 Å². The zero-order valence-corrected chi connectivity index (χ0v) is 10.5. The Morgan fingerprint density at radius 2 is 1.60 bits per heavy atom. The SMILES string of the molecule is CCCCCCCCCC(N)CC1CC1. The molecule has 0 radical (unpaired) electrons. The average Bonchev–Trinajstić information content (AvgIpc) is 3.00. The van der Waals surface area contributed by atoms with Crippen LogP contribution in [-0.4, -0.2) is 6.04 Å². The molecular formula is C14H29N. The molecule has 1 unspecified atom stereocenters. The first-order valence-electron chi connectivity index (χ1n) is 7.08. The fourth-order valence-electron chi connectivity index (χ4n) is 2.26. The van der Waals surface area contributed by atoms with Crippen LogP contribution in [0.25, 0.3) is 0 Å². The van der Waals surface area contributed by atoms with E-state index < -0.39 is 0 Å². The van der Waals surface area contributed by atoms with Gasteiger partial charge in [0.15, 0.2) is 0 Å². The number of unbranched alkanes of at least 4 members (excludes halogenated alkanes) is 6. The van der Waals surface area contributed by atoms with Crippen LogP contribution in [0.15, 0.2) is 0 Å². The van der Waals surface area contributed by atoms with Gasteiger partial charge in [-0.05, 0) is 18.8 Å². The van der Waals surface area contributed by atoms with Crippen molar-refractivity contribution in [2.24, 2.45) is 11.7 Å². The predicted molar refractivity (Wildman–Crippen MR) is 67.9 cm³/mol. The van der Waals surface area contributed by atoms with E-state index in [1.807, 2.05) is 0 Å². The maximum atomic E-state index is 6.08. The zero-order valence-electron chi connectivity index (χ0n) is 10.5. The summed E-state index contributed by atoms with van der Waals surface area (Å²) in [7, 11) is 0. The van der Waals surface area contributed by atoms with E-state index in [9.17, 15) is 0 Å². The van der Waals surface area contributed by atoms with E-state index in [1.54, 1.807) is 0 Å². The number of hydrogen-bond acceptors (Lipinski definition) is 1. The zero-order chi connectivity index (χ0) is 10.9. The van der Waals surface area contributed by atoms with Crippen LogP contribution in [0, 0.1) is 5.92 Å². The Hall–Kier alpha value is -0.0400. The maximum absolute atomic E-state index is 6.08. The molecule has 2 N–H and O–H groups in total. The molecule has 0 heterocycles. The van der Waals surface area contributed by atoms with Gasteiger partial charge < -0.3 is 5.73 Å². The van der Waals surface area contributed by atoms with Crippen LogP contribution in [-0.2, 0) is 0 Å². The Balaban J connectivity index is 1.75. The van der Waals surface area contributed by atoms with Gasteiger partial charge in [-0.1, -0.05) is 64.7 Å². The average molecular weight is 211 g/mol. The maximum Gasteiger partial charge on any atom is 0.00414 e. The van der Waals surface area contributed by atoms with Gasteiger partial charge in [0.2, 0.25) is 0 Å². The van der Waals surface area contributed by atoms with Crippen LogP contribution in [0.4, 0.5) is 0 Å². The summed E-state index contributed by atoms with van der Waals surface area (Å²) in [5, 5.41) is 0. The second-order valence-electron chi connectivity index (χ2n) is 5.35. The minimum atomic E-state index is 0.508. The van der Waals surface area contributed by atoms with Gasteiger partial charge in [0.05, 0.1) is 0 Å². The molecule has 0 aromatic carbocycles. The van der Waals surface area contributed by atoms with Crippen molar-refractivity contribution in [2.75, 3.05) is 0 Å². The molecule has 15 heavy (non-hydrogen) atoms. The summed E-state index contributed by atoms with van der Waals surface area (Å²) in [5.41, 5.74) is 6.08. The minimum Gasteiger partial charge on any atom is -0.328 e. The molecule has 0 aliphatic heterocycles. The van der Waals surface area contributed by atoms with E-state index >= 15 is 0 Å². The van der Waals surface area contributed by atoms with Crippen molar-refractivity contribution in [1.82, 2.24) is 0 Å². The molecule has 90 valence electrons. The second-order valence-corrected chi connectivity index (χ2v) is 5.35. The van der Waals surface area contributed by atoms with Crippen LogP contribution in [0.3, 0.4) is 0 Å². The highest BCUT2D eigenvalue weighted by Gasteiger charge is 2.23. The van der Waals surface area contributed by atoms with E-state index in [0.29, 0.717) is 6.04 Å². The minimum absolute atomic E-state index is 0.508. The van der Waals surface area contributed by atoms with E-state index in [-0.39, 0.29) is 0 Å². The number of rotatable bonds is 10. The van der Waals surface area contributed by atoms with Crippen molar-refractivity contribution in [1.29, 1.82) is 0 Å². The lowest BCUT2D eigenvalue weighted by molar-refractivity contribution is 0.491. The molecule has 1 atom stereocenters. The van der Waals surface area contributed by atoms with E-state index in [4.69, 9.17) is 5.73 Å². The summed E-state index contributed by atoms with van der Waals surface area (Å²) in [6, 6.07) is 0.508. The Kier molecular flexibility index (Phi) is 7.08. The molecule has 0 aromatic heterocycles. The highest BCUT2D eigenvalue weighted by Crippen LogP contribution is 2.33. The number of nitrogens with two attached hydrogens (primary N) is 1. The van der Waals surface area contributed by atoms with Crippen LogP contribution in [0.1, 0.15) is 77.6 Å². The summed E-state index contributed by atoms with van der Waals surface area (Å²) >= 11 is 0. The first kappa shape index (κ1) is 13.0. The van der Waals surface area contributed by atoms with Gasteiger partial charge in [0.25, 0.3) is 0 Å². The topological polar surface area (TPSA) is 26.0 Å². The van der Waals surface area contributed by atoms with Crippen molar-refractivity contribution < 1.29 is 0 Å². The quantitative estimate of drug-likeness (QED) is 0.537. The lowest BCUT2D eigenvalue weighted by Crippen LogP contribution is -2.20. The first-order valence-corrected chi connectivity index (χ1v) is 7.08. The van der Waals surface area contributed by atoms with Crippen molar-refractivity contribution in [3.05, 3.63) is 0 Å². The van der Waals surface area contributed by atoms with Crippen molar-refractivity contribution in [3.63, 3.8) is 0 Å². The van der Waals surface area contributed by atoms with Gasteiger partial charge >= 0.3 is 0 Å². The molecule has 0 spiro atoms. The van der Waals surface area contributed by atoms with Gasteiger partial charge in [-0.15, -0.1) is 0 Å². The Morgan fingerprint density at radius 1 is 1.00 bits per heavy atom. The van der Waals surface area contributed by atoms with E-state index in [0.717, 1.165) is 5.92 Å². The molecule has 1 saturated carbocycles. The van der Waals surface area contributed by atoms with Gasteiger partial charge in [0.1, 0.15) is 0 Å². The van der Waals surface area contributed by atoms with Gasteiger partial charge in [-0.25, -0.2) is 0 Å². The molecule has 0 amide bonds. The van der Waals surface area contributed by atoms with Crippen LogP contribution < -0.4 is 5.73 Å². The number of hydrogen-bond donors (Lipinski definition) is 1. The third kappa shape index (κ3) is 7.84. The van der Waals surface area contributed by atoms with E-state index in [1.165, 1.54) is 70.6 Å². The van der Waals surface area contributed by atoms with Crippen molar-refractivity contribution >= 4 is 0 Å². The summed E-state index contributed by atoms with van der Waals surface area (Å²) in [5.74, 6) is 1.00. The van der Waals surface area contributed by atoms with E-state index in [2.05, 4.69) is 6.92 Å². The lowest BCUT2D eigenvalue weighted by Gasteiger charge is -2.10. The molecule has 0 aromatic rings. The summed E-state index contributed by atoms with van der Waals surface area (Å²) in [6.45, 7) is 2.27. The molecule has 1 nitrogen and oxygen atoms in total.